The Hall–Kier alpha value is -2.78. The second kappa shape index (κ2) is 12.2. The van der Waals surface area contributed by atoms with Crippen molar-refractivity contribution >= 4 is 23.5 Å². The molecule has 1 unspecified atom stereocenters. The molecule has 1 atom stereocenters. The molecule has 1 amide bonds. The molecule has 2 heterocycles. The van der Waals surface area contributed by atoms with Crippen LogP contribution in [0.4, 0.5) is 13.2 Å². The number of benzene rings is 2. The molecule has 2 aromatic rings. The third kappa shape index (κ3) is 7.25. The highest BCUT2D eigenvalue weighted by Gasteiger charge is 2.54. The van der Waals surface area contributed by atoms with E-state index in [1.54, 1.807) is 34.1 Å². The molecule has 2 fully saturated rings. The standard InChI is InChI=1S/C29H34ClF3N2O4/c1-20(2)19-38-24-6-4-3-5-22(24)18-35-16-13-28(26(35)39-27(37)29(31,32)33)11-14-34(15-12-28)25(36)17-21-7-9-23(30)10-8-21/h3-10,20,26H,11-19H2,1-2H3. The van der Waals surface area contributed by atoms with Crippen LogP contribution in [0.5, 0.6) is 5.75 Å². The van der Waals surface area contributed by atoms with Crippen LogP contribution in [0.25, 0.3) is 0 Å². The topological polar surface area (TPSA) is 59.1 Å². The molecule has 2 aliphatic rings. The van der Waals surface area contributed by atoms with Gasteiger partial charge in [0.05, 0.1) is 13.0 Å². The van der Waals surface area contributed by atoms with E-state index in [4.69, 9.17) is 21.1 Å². The summed E-state index contributed by atoms with van der Waals surface area (Å²) >= 11 is 5.93. The molecule has 212 valence electrons. The number of carbonyl (C=O) groups excluding carboxylic acids is 2. The summed E-state index contributed by atoms with van der Waals surface area (Å²) in [6.45, 7) is 6.09. The average molecular weight is 567 g/mol. The Bertz CT molecular complexity index is 1150. The minimum Gasteiger partial charge on any atom is -0.493 e. The number of piperidine rings is 1. The van der Waals surface area contributed by atoms with E-state index in [0.717, 1.165) is 11.1 Å². The molecule has 0 radical (unpaired) electrons. The number of carbonyl (C=O) groups is 2. The van der Waals surface area contributed by atoms with Gasteiger partial charge in [-0.15, -0.1) is 0 Å². The maximum Gasteiger partial charge on any atom is 0.490 e. The quantitative estimate of drug-likeness (QED) is 0.374. The maximum atomic E-state index is 13.3. The smallest absolute Gasteiger partial charge is 0.490 e. The lowest BCUT2D eigenvalue weighted by Gasteiger charge is -2.43. The number of hydrogen-bond acceptors (Lipinski definition) is 5. The number of likely N-dealkylation sites (tertiary alicyclic amines) is 2. The van der Waals surface area contributed by atoms with Crippen molar-refractivity contribution in [3.63, 3.8) is 0 Å². The summed E-state index contributed by atoms with van der Waals surface area (Å²) in [5, 5.41) is 0.588. The third-order valence-corrected chi connectivity index (χ3v) is 7.75. The van der Waals surface area contributed by atoms with Crippen molar-refractivity contribution in [3.05, 3.63) is 64.7 Å². The van der Waals surface area contributed by atoms with Gasteiger partial charge in [0.2, 0.25) is 5.91 Å². The number of rotatable bonds is 8. The summed E-state index contributed by atoms with van der Waals surface area (Å²) in [6.07, 6.45) is -4.48. The Kier molecular flexibility index (Phi) is 9.11. The van der Waals surface area contributed by atoms with Gasteiger partial charge in [-0.2, -0.15) is 13.2 Å². The van der Waals surface area contributed by atoms with Gasteiger partial charge in [-0.25, -0.2) is 4.79 Å². The second-order valence-corrected chi connectivity index (χ2v) is 11.3. The molecule has 0 aliphatic carbocycles. The molecule has 2 aromatic carbocycles. The highest BCUT2D eigenvalue weighted by atomic mass is 35.5. The largest absolute Gasteiger partial charge is 0.493 e. The van der Waals surface area contributed by atoms with Crippen molar-refractivity contribution in [2.75, 3.05) is 26.2 Å². The molecule has 0 bridgehead atoms. The zero-order valence-corrected chi connectivity index (χ0v) is 22.9. The van der Waals surface area contributed by atoms with E-state index in [0.29, 0.717) is 62.2 Å². The predicted octanol–water partition coefficient (Wildman–Crippen LogP) is 5.86. The van der Waals surface area contributed by atoms with E-state index < -0.39 is 23.8 Å². The minimum absolute atomic E-state index is 0.0536. The Balaban J connectivity index is 1.48. The highest BCUT2D eigenvalue weighted by Crippen LogP contribution is 2.47. The van der Waals surface area contributed by atoms with Crippen molar-refractivity contribution in [3.8, 4) is 5.75 Å². The van der Waals surface area contributed by atoms with Crippen LogP contribution >= 0.6 is 11.6 Å². The van der Waals surface area contributed by atoms with Crippen LogP contribution in [-0.2, 0) is 27.3 Å². The third-order valence-electron chi connectivity index (χ3n) is 7.50. The fourth-order valence-electron chi connectivity index (χ4n) is 5.36. The number of nitrogens with zero attached hydrogens (tertiary/aromatic N) is 2. The summed E-state index contributed by atoms with van der Waals surface area (Å²) in [4.78, 5) is 28.5. The van der Waals surface area contributed by atoms with Crippen LogP contribution in [0, 0.1) is 11.3 Å². The van der Waals surface area contributed by atoms with E-state index in [-0.39, 0.29) is 18.9 Å². The van der Waals surface area contributed by atoms with Crippen molar-refractivity contribution in [1.29, 1.82) is 0 Å². The molecule has 39 heavy (non-hydrogen) atoms. The molecule has 0 saturated carbocycles. The molecule has 2 aliphatic heterocycles. The van der Waals surface area contributed by atoms with E-state index >= 15 is 0 Å². The summed E-state index contributed by atoms with van der Waals surface area (Å²) in [7, 11) is 0. The van der Waals surface area contributed by atoms with Crippen LogP contribution in [0.1, 0.15) is 44.2 Å². The fourth-order valence-corrected chi connectivity index (χ4v) is 5.49. The SMILES string of the molecule is CC(C)COc1ccccc1CN1CCC2(CCN(C(=O)Cc3ccc(Cl)cc3)CC2)C1OC(=O)C(F)(F)F. The van der Waals surface area contributed by atoms with E-state index in [1.165, 1.54) is 0 Å². The van der Waals surface area contributed by atoms with Crippen LogP contribution < -0.4 is 4.74 Å². The zero-order chi connectivity index (χ0) is 28.2. The van der Waals surface area contributed by atoms with E-state index in [2.05, 4.69) is 0 Å². The Morgan fingerprint density at radius 3 is 2.31 bits per heavy atom. The van der Waals surface area contributed by atoms with Gasteiger partial charge in [0, 0.05) is 42.2 Å². The minimum atomic E-state index is -5.09. The second-order valence-electron chi connectivity index (χ2n) is 10.8. The number of ether oxygens (including phenoxy) is 2. The van der Waals surface area contributed by atoms with Gasteiger partial charge in [0.25, 0.3) is 0 Å². The first-order valence-electron chi connectivity index (χ1n) is 13.2. The molecule has 4 rings (SSSR count). The van der Waals surface area contributed by atoms with E-state index in [9.17, 15) is 22.8 Å². The molecular weight excluding hydrogens is 533 g/mol. The first-order valence-corrected chi connectivity index (χ1v) is 13.6. The van der Waals surface area contributed by atoms with Gasteiger partial charge in [-0.3, -0.25) is 9.69 Å². The van der Waals surface area contributed by atoms with Gasteiger partial charge in [0.15, 0.2) is 6.23 Å². The zero-order valence-electron chi connectivity index (χ0n) is 22.2. The van der Waals surface area contributed by atoms with Gasteiger partial charge in [-0.05, 0) is 48.9 Å². The Morgan fingerprint density at radius 2 is 1.67 bits per heavy atom. The van der Waals surface area contributed by atoms with Gasteiger partial charge in [0.1, 0.15) is 5.75 Å². The molecule has 2 saturated heterocycles. The lowest BCUT2D eigenvalue weighted by atomic mass is 9.76. The summed E-state index contributed by atoms with van der Waals surface area (Å²) < 4.78 is 51.0. The number of hydrogen-bond donors (Lipinski definition) is 0. The molecule has 6 nitrogen and oxygen atoms in total. The van der Waals surface area contributed by atoms with Gasteiger partial charge < -0.3 is 14.4 Å². The Morgan fingerprint density at radius 1 is 1.03 bits per heavy atom. The lowest BCUT2D eigenvalue weighted by Crippen LogP contribution is -2.51. The molecule has 0 aromatic heterocycles. The summed E-state index contributed by atoms with van der Waals surface area (Å²) in [6, 6.07) is 14.5. The number of esters is 1. The predicted molar refractivity (Wildman–Crippen MR) is 141 cm³/mol. The highest BCUT2D eigenvalue weighted by molar-refractivity contribution is 6.30. The van der Waals surface area contributed by atoms with Crippen molar-refractivity contribution in [1.82, 2.24) is 9.80 Å². The average Bonchev–Trinajstić information content (AvgIpc) is 3.20. The number of amides is 1. The number of halogens is 4. The molecular formula is C29H34ClF3N2O4. The summed E-state index contributed by atoms with van der Waals surface area (Å²) in [5.41, 5.74) is 0.983. The van der Waals surface area contributed by atoms with Gasteiger partial charge in [-0.1, -0.05) is 55.8 Å². The van der Waals surface area contributed by atoms with E-state index in [1.807, 2.05) is 38.1 Å². The van der Waals surface area contributed by atoms with Crippen LogP contribution in [0.3, 0.4) is 0 Å². The van der Waals surface area contributed by atoms with Gasteiger partial charge >= 0.3 is 12.1 Å². The first kappa shape index (κ1) is 29.2. The summed E-state index contributed by atoms with van der Waals surface area (Å²) in [5.74, 6) is -1.27. The molecule has 1 spiro atoms. The lowest BCUT2D eigenvalue weighted by molar-refractivity contribution is -0.220. The van der Waals surface area contributed by atoms with Crippen molar-refractivity contribution in [2.45, 2.75) is 58.5 Å². The van der Waals surface area contributed by atoms with Crippen LogP contribution in [0.2, 0.25) is 5.02 Å². The number of para-hydroxylation sites is 1. The van der Waals surface area contributed by atoms with Crippen molar-refractivity contribution in [2.24, 2.45) is 11.3 Å². The van der Waals surface area contributed by atoms with Crippen LogP contribution in [-0.4, -0.2) is 60.3 Å². The monoisotopic (exact) mass is 566 g/mol. The normalized spacial score (nSPS) is 19.5. The maximum absolute atomic E-state index is 13.3. The van der Waals surface area contributed by atoms with Crippen LogP contribution in [0.15, 0.2) is 48.5 Å². The fraction of sp³-hybridized carbons (Fsp3) is 0.517. The Labute approximate surface area is 232 Å². The molecule has 0 N–H and O–H groups in total. The first-order chi connectivity index (χ1) is 18.5. The molecule has 10 heteroatoms. The van der Waals surface area contributed by atoms with Crippen molar-refractivity contribution < 1.29 is 32.2 Å². The number of alkyl halides is 3.